The lowest BCUT2D eigenvalue weighted by molar-refractivity contribution is 0.0941. The molecule has 2 aromatic rings. The lowest BCUT2D eigenvalue weighted by Crippen LogP contribution is -2.30. The van der Waals surface area contributed by atoms with Gasteiger partial charge in [0.2, 0.25) is 0 Å². The van der Waals surface area contributed by atoms with E-state index in [0.717, 1.165) is 17.9 Å². The van der Waals surface area contributed by atoms with E-state index in [2.05, 4.69) is 27.3 Å². The molecule has 0 aromatic carbocycles. The van der Waals surface area contributed by atoms with Gasteiger partial charge in [0.25, 0.3) is 5.91 Å². The van der Waals surface area contributed by atoms with Crippen LogP contribution in [0, 0.1) is 19.8 Å². The van der Waals surface area contributed by atoms with E-state index in [9.17, 15) is 4.79 Å². The Balaban J connectivity index is 1.85. The zero-order valence-corrected chi connectivity index (χ0v) is 12.0. The molecule has 6 nitrogen and oxygen atoms in total. The summed E-state index contributed by atoms with van der Waals surface area (Å²) in [6, 6.07) is 2.05. The molecule has 2 aromatic heterocycles. The molecule has 0 bridgehead atoms. The maximum absolute atomic E-state index is 11.8. The SMILES string of the molecule is Cc1cc(C)n(C[C@H](C)CNC(=O)c2cnccn2)n1. The first-order valence-electron chi connectivity index (χ1n) is 6.61. The average molecular weight is 273 g/mol. The first-order chi connectivity index (χ1) is 9.56. The molecule has 0 spiro atoms. The number of nitrogens with zero attached hydrogens (tertiary/aromatic N) is 4. The van der Waals surface area contributed by atoms with Crippen molar-refractivity contribution in [2.24, 2.45) is 5.92 Å². The van der Waals surface area contributed by atoms with Crippen molar-refractivity contribution in [2.45, 2.75) is 27.3 Å². The Morgan fingerprint density at radius 1 is 1.40 bits per heavy atom. The summed E-state index contributed by atoms with van der Waals surface area (Å²) >= 11 is 0. The molecule has 2 heterocycles. The Labute approximate surface area is 118 Å². The molecular formula is C14H19N5O. The van der Waals surface area contributed by atoms with Crippen LogP contribution < -0.4 is 5.32 Å². The fourth-order valence-electron chi connectivity index (χ4n) is 1.99. The normalized spacial score (nSPS) is 12.2. The van der Waals surface area contributed by atoms with E-state index in [1.165, 1.54) is 12.4 Å². The van der Waals surface area contributed by atoms with Crippen molar-refractivity contribution in [3.05, 3.63) is 41.7 Å². The van der Waals surface area contributed by atoms with Gasteiger partial charge >= 0.3 is 0 Å². The second kappa shape index (κ2) is 6.27. The van der Waals surface area contributed by atoms with Gasteiger partial charge in [-0.2, -0.15) is 5.10 Å². The molecule has 106 valence electrons. The molecule has 0 radical (unpaired) electrons. The zero-order valence-electron chi connectivity index (χ0n) is 12.0. The Bertz CT molecular complexity index is 579. The Morgan fingerprint density at radius 3 is 2.80 bits per heavy atom. The number of hydrogen-bond acceptors (Lipinski definition) is 4. The topological polar surface area (TPSA) is 72.7 Å². The van der Waals surface area contributed by atoms with Gasteiger partial charge in [0.1, 0.15) is 5.69 Å². The van der Waals surface area contributed by atoms with Crippen LogP contribution in [0.2, 0.25) is 0 Å². The molecular weight excluding hydrogens is 254 g/mol. The highest BCUT2D eigenvalue weighted by Crippen LogP contribution is 2.06. The lowest BCUT2D eigenvalue weighted by atomic mass is 10.2. The molecule has 0 fully saturated rings. The number of carbonyl (C=O) groups is 1. The third-order valence-electron chi connectivity index (χ3n) is 2.99. The smallest absolute Gasteiger partial charge is 0.271 e. The van der Waals surface area contributed by atoms with E-state index in [0.29, 0.717) is 12.2 Å². The van der Waals surface area contributed by atoms with Crippen molar-refractivity contribution in [1.29, 1.82) is 0 Å². The highest BCUT2D eigenvalue weighted by molar-refractivity contribution is 5.91. The van der Waals surface area contributed by atoms with Gasteiger partial charge in [-0.1, -0.05) is 6.92 Å². The minimum atomic E-state index is -0.196. The molecule has 0 aliphatic carbocycles. The van der Waals surface area contributed by atoms with Crippen LogP contribution in [0.5, 0.6) is 0 Å². The second-order valence-corrected chi connectivity index (χ2v) is 5.02. The van der Waals surface area contributed by atoms with Crippen LogP contribution in [0.1, 0.15) is 28.8 Å². The maximum Gasteiger partial charge on any atom is 0.271 e. The fourth-order valence-corrected chi connectivity index (χ4v) is 1.99. The molecule has 6 heteroatoms. The van der Waals surface area contributed by atoms with Crippen LogP contribution in [0.15, 0.2) is 24.7 Å². The monoisotopic (exact) mass is 273 g/mol. The van der Waals surface area contributed by atoms with Gasteiger partial charge in [0.05, 0.1) is 11.9 Å². The third-order valence-corrected chi connectivity index (χ3v) is 2.99. The fraction of sp³-hybridized carbons (Fsp3) is 0.429. The minimum absolute atomic E-state index is 0.196. The average Bonchev–Trinajstić information content (AvgIpc) is 2.75. The van der Waals surface area contributed by atoms with Crippen LogP contribution >= 0.6 is 0 Å². The van der Waals surface area contributed by atoms with Gasteiger partial charge in [-0.25, -0.2) is 4.98 Å². The number of rotatable bonds is 5. The number of carbonyl (C=O) groups excluding carboxylic acids is 1. The molecule has 1 amide bonds. The standard InChI is InChI=1S/C14H19N5O/c1-10(9-19-12(3)6-11(2)18-19)7-17-14(20)13-8-15-4-5-16-13/h4-6,8,10H,7,9H2,1-3H3,(H,17,20)/t10-/m1/s1. The van der Waals surface area contributed by atoms with Crippen LogP contribution in [-0.2, 0) is 6.54 Å². The third kappa shape index (κ3) is 3.63. The Kier molecular flexibility index (Phi) is 4.45. The second-order valence-electron chi connectivity index (χ2n) is 5.02. The minimum Gasteiger partial charge on any atom is -0.350 e. The summed E-state index contributed by atoms with van der Waals surface area (Å²) in [6.45, 7) is 7.44. The molecule has 1 atom stereocenters. The van der Waals surface area contributed by atoms with Gasteiger partial charge in [-0.3, -0.25) is 14.5 Å². The summed E-state index contributed by atoms with van der Waals surface area (Å²) in [7, 11) is 0. The van der Waals surface area contributed by atoms with Crippen LogP contribution in [0.3, 0.4) is 0 Å². The number of aryl methyl sites for hydroxylation is 2. The zero-order chi connectivity index (χ0) is 14.5. The van der Waals surface area contributed by atoms with E-state index in [1.807, 2.05) is 24.6 Å². The molecule has 0 unspecified atom stereocenters. The summed E-state index contributed by atoms with van der Waals surface area (Å²) in [5.41, 5.74) is 2.48. The largest absolute Gasteiger partial charge is 0.350 e. The quantitative estimate of drug-likeness (QED) is 0.892. The van der Waals surface area contributed by atoms with E-state index in [4.69, 9.17) is 0 Å². The Morgan fingerprint density at radius 2 is 2.20 bits per heavy atom. The molecule has 1 N–H and O–H groups in total. The summed E-state index contributed by atoms with van der Waals surface area (Å²) in [6.07, 6.45) is 4.51. The van der Waals surface area contributed by atoms with Crippen LogP contribution in [0.4, 0.5) is 0 Å². The van der Waals surface area contributed by atoms with Gasteiger partial charge < -0.3 is 5.32 Å². The summed E-state index contributed by atoms with van der Waals surface area (Å²) in [5, 5.41) is 7.28. The van der Waals surface area contributed by atoms with Gasteiger partial charge in [-0.15, -0.1) is 0 Å². The number of aromatic nitrogens is 4. The predicted octanol–water partition coefficient (Wildman–Crippen LogP) is 1.36. The van der Waals surface area contributed by atoms with Gasteiger partial charge in [0.15, 0.2) is 0 Å². The van der Waals surface area contributed by atoms with Crippen molar-refractivity contribution < 1.29 is 4.79 Å². The van der Waals surface area contributed by atoms with E-state index >= 15 is 0 Å². The molecule has 0 saturated heterocycles. The van der Waals surface area contributed by atoms with Crippen molar-refractivity contribution >= 4 is 5.91 Å². The van der Waals surface area contributed by atoms with Crippen molar-refractivity contribution in [2.75, 3.05) is 6.54 Å². The van der Waals surface area contributed by atoms with E-state index < -0.39 is 0 Å². The number of amides is 1. The maximum atomic E-state index is 11.8. The van der Waals surface area contributed by atoms with Gasteiger partial charge in [0, 0.05) is 31.2 Å². The Hall–Kier alpha value is -2.24. The molecule has 0 aliphatic rings. The summed E-state index contributed by atoms with van der Waals surface area (Å²) < 4.78 is 1.97. The van der Waals surface area contributed by atoms with Gasteiger partial charge in [-0.05, 0) is 25.8 Å². The molecule has 2 rings (SSSR count). The molecule has 0 saturated carbocycles. The van der Waals surface area contributed by atoms with E-state index in [-0.39, 0.29) is 11.8 Å². The van der Waals surface area contributed by atoms with Crippen LogP contribution in [-0.4, -0.2) is 32.2 Å². The van der Waals surface area contributed by atoms with Crippen molar-refractivity contribution in [1.82, 2.24) is 25.1 Å². The lowest BCUT2D eigenvalue weighted by Gasteiger charge is -2.13. The highest BCUT2D eigenvalue weighted by atomic mass is 16.1. The highest BCUT2D eigenvalue weighted by Gasteiger charge is 2.11. The number of hydrogen-bond donors (Lipinski definition) is 1. The predicted molar refractivity (Wildman–Crippen MR) is 75.2 cm³/mol. The van der Waals surface area contributed by atoms with Crippen molar-refractivity contribution in [3.63, 3.8) is 0 Å². The number of nitrogens with one attached hydrogen (secondary N) is 1. The van der Waals surface area contributed by atoms with E-state index in [1.54, 1.807) is 6.20 Å². The van der Waals surface area contributed by atoms with Crippen molar-refractivity contribution in [3.8, 4) is 0 Å². The summed E-state index contributed by atoms with van der Waals surface area (Å²) in [4.78, 5) is 19.7. The molecule has 0 aliphatic heterocycles. The first-order valence-corrected chi connectivity index (χ1v) is 6.61. The first kappa shape index (κ1) is 14.2. The van der Waals surface area contributed by atoms with Crippen LogP contribution in [0.25, 0.3) is 0 Å². The molecule has 20 heavy (non-hydrogen) atoms. The summed E-state index contributed by atoms with van der Waals surface area (Å²) in [5.74, 6) is 0.0898.